The summed E-state index contributed by atoms with van der Waals surface area (Å²) in [6.07, 6.45) is 0. The molecular weight excluding hydrogens is 180 g/mol. The van der Waals surface area contributed by atoms with Crippen LogP contribution < -0.4 is 5.32 Å². The van der Waals surface area contributed by atoms with Gasteiger partial charge in [-0.25, -0.2) is 4.98 Å². The molecule has 0 aliphatic heterocycles. The zero-order chi connectivity index (χ0) is 9.84. The van der Waals surface area contributed by atoms with E-state index >= 15 is 0 Å². The predicted molar refractivity (Wildman–Crippen MR) is 58.3 cm³/mol. The van der Waals surface area contributed by atoms with Gasteiger partial charge in [0, 0.05) is 17.3 Å². The molecule has 0 fully saturated rings. The second kappa shape index (κ2) is 4.72. The Bertz CT molecular complexity index is 266. The molecule has 74 valence electrons. The van der Waals surface area contributed by atoms with Gasteiger partial charge in [0.05, 0.1) is 10.7 Å². The molecule has 0 saturated carbocycles. The molecule has 1 N–H and O–H groups in total. The van der Waals surface area contributed by atoms with E-state index in [0.29, 0.717) is 5.92 Å². The van der Waals surface area contributed by atoms with Gasteiger partial charge < -0.3 is 5.32 Å². The average molecular weight is 198 g/mol. The van der Waals surface area contributed by atoms with Gasteiger partial charge in [-0.05, 0) is 13.5 Å². The van der Waals surface area contributed by atoms with E-state index in [1.54, 1.807) is 0 Å². The van der Waals surface area contributed by atoms with Crippen LogP contribution in [0.25, 0.3) is 0 Å². The molecule has 0 atom stereocenters. The third-order valence-electron chi connectivity index (χ3n) is 1.94. The summed E-state index contributed by atoms with van der Waals surface area (Å²) in [5, 5.41) is 4.58. The SMILES string of the molecule is CCNCc1sc(C(C)C)nc1C. The van der Waals surface area contributed by atoms with Crippen LogP contribution in [0.5, 0.6) is 0 Å². The maximum atomic E-state index is 4.54. The molecule has 3 heteroatoms. The van der Waals surface area contributed by atoms with Crippen molar-refractivity contribution >= 4 is 11.3 Å². The standard InChI is InChI=1S/C10H18N2S/c1-5-11-6-9-8(4)12-10(13-9)7(2)3/h7,11H,5-6H2,1-4H3. The summed E-state index contributed by atoms with van der Waals surface area (Å²) >= 11 is 1.83. The van der Waals surface area contributed by atoms with Gasteiger partial charge in [-0.2, -0.15) is 0 Å². The summed E-state index contributed by atoms with van der Waals surface area (Å²) in [4.78, 5) is 5.92. The molecule has 0 aliphatic rings. The van der Waals surface area contributed by atoms with Crippen LogP contribution in [0.2, 0.25) is 0 Å². The second-order valence-electron chi connectivity index (χ2n) is 3.50. The van der Waals surface area contributed by atoms with Crippen LogP contribution in [0.3, 0.4) is 0 Å². The number of hydrogen-bond donors (Lipinski definition) is 1. The lowest BCUT2D eigenvalue weighted by Crippen LogP contribution is -2.11. The van der Waals surface area contributed by atoms with Gasteiger partial charge in [-0.3, -0.25) is 0 Å². The van der Waals surface area contributed by atoms with E-state index in [4.69, 9.17) is 0 Å². The van der Waals surface area contributed by atoms with E-state index in [0.717, 1.165) is 13.1 Å². The van der Waals surface area contributed by atoms with E-state index in [9.17, 15) is 0 Å². The van der Waals surface area contributed by atoms with Crippen molar-refractivity contribution in [2.24, 2.45) is 0 Å². The second-order valence-corrected chi connectivity index (χ2v) is 4.61. The third-order valence-corrected chi connectivity index (χ3v) is 3.40. The molecule has 0 spiro atoms. The lowest BCUT2D eigenvalue weighted by atomic mass is 10.2. The van der Waals surface area contributed by atoms with Crippen LogP contribution in [-0.2, 0) is 6.54 Å². The number of nitrogens with one attached hydrogen (secondary N) is 1. The van der Waals surface area contributed by atoms with Crippen LogP contribution in [0.15, 0.2) is 0 Å². The Morgan fingerprint density at radius 1 is 1.46 bits per heavy atom. The fourth-order valence-corrected chi connectivity index (χ4v) is 2.14. The van der Waals surface area contributed by atoms with Crippen LogP contribution in [0, 0.1) is 6.92 Å². The van der Waals surface area contributed by atoms with E-state index in [-0.39, 0.29) is 0 Å². The number of aryl methyl sites for hydroxylation is 1. The van der Waals surface area contributed by atoms with E-state index in [2.05, 4.69) is 38.0 Å². The van der Waals surface area contributed by atoms with E-state index < -0.39 is 0 Å². The Labute approximate surface area is 84.4 Å². The zero-order valence-corrected chi connectivity index (χ0v) is 9.66. The number of nitrogens with zero attached hydrogens (tertiary/aromatic N) is 1. The fraction of sp³-hybridized carbons (Fsp3) is 0.700. The summed E-state index contributed by atoms with van der Waals surface area (Å²) < 4.78 is 0. The molecule has 0 amide bonds. The number of hydrogen-bond acceptors (Lipinski definition) is 3. The summed E-state index contributed by atoms with van der Waals surface area (Å²) in [5.41, 5.74) is 1.19. The van der Waals surface area contributed by atoms with E-state index in [1.165, 1.54) is 15.6 Å². The smallest absolute Gasteiger partial charge is 0.0956 e. The Morgan fingerprint density at radius 3 is 2.62 bits per heavy atom. The first-order chi connectivity index (χ1) is 6.15. The molecule has 1 heterocycles. The van der Waals surface area contributed by atoms with Crippen molar-refractivity contribution in [2.75, 3.05) is 6.54 Å². The monoisotopic (exact) mass is 198 g/mol. The molecule has 0 aliphatic carbocycles. The Hall–Kier alpha value is -0.410. The molecule has 13 heavy (non-hydrogen) atoms. The van der Waals surface area contributed by atoms with Crippen molar-refractivity contribution in [1.29, 1.82) is 0 Å². The highest BCUT2D eigenvalue weighted by Crippen LogP contribution is 2.24. The number of rotatable bonds is 4. The maximum Gasteiger partial charge on any atom is 0.0956 e. The maximum absolute atomic E-state index is 4.54. The first-order valence-corrected chi connectivity index (χ1v) is 5.63. The molecule has 2 nitrogen and oxygen atoms in total. The largest absolute Gasteiger partial charge is 0.312 e. The van der Waals surface area contributed by atoms with E-state index in [1.807, 2.05) is 11.3 Å². The van der Waals surface area contributed by atoms with Gasteiger partial charge in [-0.15, -0.1) is 11.3 Å². The molecule has 0 saturated heterocycles. The van der Waals surface area contributed by atoms with Crippen LogP contribution in [0.4, 0.5) is 0 Å². The van der Waals surface area contributed by atoms with Crippen molar-refractivity contribution in [2.45, 2.75) is 40.2 Å². The van der Waals surface area contributed by atoms with Gasteiger partial charge in [0.15, 0.2) is 0 Å². The lowest BCUT2D eigenvalue weighted by Gasteiger charge is -1.98. The van der Waals surface area contributed by atoms with Crippen LogP contribution in [0.1, 0.15) is 42.3 Å². The zero-order valence-electron chi connectivity index (χ0n) is 8.85. The minimum absolute atomic E-state index is 0.555. The Morgan fingerprint density at radius 2 is 2.15 bits per heavy atom. The van der Waals surface area contributed by atoms with Crippen molar-refractivity contribution in [3.63, 3.8) is 0 Å². The first kappa shape index (κ1) is 10.7. The summed E-state index contributed by atoms with van der Waals surface area (Å²) in [6.45, 7) is 10.6. The van der Waals surface area contributed by atoms with Gasteiger partial charge >= 0.3 is 0 Å². The Kier molecular flexibility index (Phi) is 3.88. The van der Waals surface area contributed by atoms with Crippen molar-refractivity contribution < 1.29 is 0 Å². The van der Waals surface area contributed by atoms with Crippen LogP contribution >= 0.6 is 11.3 Å². The molecule has 1 aromatic heterocycles. The lowest BCUT2D eigenvalue weighted by molar-refractivity contribution is 0.730. The number of thiazole rings is 1. The fourth-order valence-electron chi connectivity index (χ4n) is 1.10. The van der Waals surface area contributed by atoms with Gasteiger partial charge in [0.2, 0.25) is 0 Å². The normalized spacial score (nSPS) is 11.2. The topological polar surface area (TPSA) is 24.9 Å². The molecule has 0 unspecified atom stereocenters. The van der Waals surface area contributed by atoms with Gasteiger partial charge in [0.25, 0.3) is 0 Å². The van der Waals surface area contributed by atoms with Gasteiger partial charge in [-0.1, -0.05) is 20.8 Å². The Balaban J connectivity index is 2.71. The predicted octanol–water partition coefficient (Wildman–Crippen LogP) is 2.68. The van der Waals surface area contributed by atoms with Crippen molar-refractivity contribution in [3.05, 3.63) is 15.6 Å². The van der Waals surface area contributed by atoms with Gasteiger partial charge in [0.1, 0.15) is 0 Å². The minimum Gasteiger partial charge on any atom is -0.312 e. The first-order valence-electron chi connectivity index (χ1n) is 4.82. The third kappa shape index (κ3) is 2.78. The highest BCUT2D eigenvalue weighted by Gasteiger charge is 2.09. The average Bonchev–Trinajstić information content (AvgIpc) is 2.44. The molecule has 1 rings (SSSR count). The summed E-state index contributed by atoms with van der Waals surface area (Å²) in [7, 11) is 0. The van der Waals surface area contributed by atoms with Crippen LogP contribution in [-0.4, -0.2) is 11.5 Å². The minimum atomic E-state index is 0.555. The molecule has 0 bridgehead atoms. The molecule has 1 aromatic rings. The molecule has 0 aromatic carbocycles. The quantitative estimate of drug-likeness (QED) is 0.804. The van der Waals surface area contributed by atoms with Crippen molar-refractivity contribution in [3.8, 4) is 0 Å². The molecule has 0 radical (unpaired) electrons. The number of aromatic nitrogens is 1. The van der Waals surface area contributed by atoms with Crippen molar-refractivity contribution in [1.82, 2.24) is 10.3 Å². The highest BCUT2D eigenvalue weighted by atomic mass is 32.1. The summed E-state index contributed by atoms with van der Waals surface area (Å²) in [5.74, 6) is 0.555. The summed E-state index contributed by atoms with van der Waals surface area (Å²) in [6, 6.07) is 0. The highest BCUT2D eigenvalue weighted by molar-refractivity contribution is 7.11. The molecular formula is C10H18N2S.